The van der Waals surface area contributed by atoms with Crippen LogP contribution in [0.15, 0.2) is 30.9 Å². The van der Waals surface area contributed by atoms with Crippen LogP contribution in [0, 0.1) is 17.6 Å². The Hall–Kier alpha value is -3.56. The zero-order chi connectivity index (χ0) is 21.5. The number of amides is 2. The van der Waals surface area contributed by atoms with E-state index in [0.29, 0.717) is 59.0 Å². The second-order valence-electron chi connectivity index (χ2n) is 7.80. The summed E-state index contributed by atoms with van der Waals surface area (Å²) < 4.78 is 30.0. The van der Waals surface area contributed by atoms with Crippen LogP contribution in [0.2, 0.25) is 0 Å². The van der Waals surface area contributed by atoms with E-state index in [1.807, 2.05) is 4.57 Å². The third-order valence-electron chi connectivity index (χ3n) is 5.88. The van der Waals surface area contributed by atoms with Crippen molar-refractivity contribution in [2.45, 2.75) is 19.4 Å². The van der Waals surface area contributed by atoms with Crippen LogP contribution < -0.4 is 5.32 Å². The summed E-state index contributed by atoms with van der Waals surface area (Å²) in [5, 5.41) is 3.56. The first-order valence-corrected chi connectivity index (χ1v) is 10.1. The van der Waals surface area contributed by atoms with E-state index < -0.39 is 5.82 Å². The maximum atomic E-state index is 14.5. The van der Waals surface area contributed by atoms with Crippen molar-refractivity contribution in [2.75, 3.05) is 20.1 Å². The lowest BCUT2D eigenvalue weighted by Gasteiger charge is -2.31. The number of carbonyl (C=O) groups is 1. The van der Waals surface area contributed by atoms with Gasteiger partial charge in [0.2, 0.25) is 0 Å². The summed E-state index contributed by atoms with van der Waals surface area (Å²) in [6.45, 7) is 1.93. The molecule has 31 heavy (non-hydrogen) atoms. The van der Waals surface area contributed by atoms with E-state index in [4.69, 9.17) is 0 Å². The zero-order valence-corrected chi connectivity index (χ0v) is 16.9. The molecule has 4 aromatic heterocycles. The number of halogens is 2. The van der Waals surface area contributed by atoms with Gasteiger partial charge in [-0.1, -0.05) is 0 Å². The van der Waals surface area contributed by atoms with Gasteiger partial charge in [-0.15, -0.1) is 0 Å². The van der Waals surface area contributed by atoms with Crippen molar-refractivity contribution < 1.29 is 13.6 Å². The van der Waals surface area contributed by atoms with Crippen LogP contribution in [0.5, 0.6) is 0 Å². The fraction of sp³-hybridized carbons (Fsp3) is 0.333. The summed E-state index contributed by atoms with van der Waals surface area (Å²) in [4.78, 5) is 29.5. The van der Waals surface area contributed by atoms with Gasteiger partial charge in [0.15, 0.2) is 11.6 Å². The van der Waals surface area contributed by atoms with Gasteiger partial charge in [0.05, 0.1) is 11.6 Å². The van der Waals surface area contributed by atoms with Crippen molar-refractivity contribution in [2.24, 2.45) is 5.92 Å². The molecule has 0 atom stereocenters. The average Bonchev–Trinajstić information content (AvgIpc) is 3.34. The van der Waals surface area contributed by atoms with Crippen molar-refractivity contribution in [3.8, 4) is 11.4 Å². The molecule has 1 fully saturated rings. The Morgan fingerprint density at radius 2 is 2.03 bits per heavy atom. The number of piperidine rings is 1. The molecule has 4 aromatic rings. The SMILES string of the molecule is CNC(=O)N1CCC(Cn2cc(F)c3cnc(-c4c[nH]c5ncc(F)cc45)nc32)CC1. The van der Waals surface area contributed by atoms with Crippen LogP contribution in [0.25, 0.3) is 33.5 Å². The van der Waals surface area contributed by atoms with Gasteiger partial charge in [-0.2, -0.15) is 0 Å². The predicted molar refractivity (Wildman–Crippen MR) is 111 cm³/mol. The molecular formula is C21H21F2N7O. The summed E-state index contributed by atoms with van der Waals surface area (Å²) in [5.41, 5.74) is 1.63. The van der Waals surface area contributed by atoms with E-state index in [-0.39, 0.29) is 11.8 Å². The minimum absolute atomic E-state index is 0.0713. The molecule has 0 unspecified atom stereocenters. The molecule has 8 nitrogen and oxygen atoms in total. The first-order valence-electron chi connectivity index (χ1n) is 10.1. The summed E-state index contributed by atoms with van der Waals surface area (Å²) in [7, 11) is 1.62. The molecule has 2 amide bonds. The van der Waals surface area contributed by atoms with Gasteiger partial charge < -0.3 is 19.8 Å². The zero-order valence-electron chi connectivity index (χ0n) is 16.9. The molecule has 10 heteroatoms. The van der Waals surface area contributed by atoms with E-state index >= 15 is 0 Å². The number of nitrogens with one attached hydrogen (secondary N) is 2. The predicted octanol–water partition coefficient (Wildman–Crippen LogP) is 3.30. The quantitative estimate of drug-likeness (QED) is 0.527. The van der Waals surface area contributed by atoms with Crippen LogP contribution in [0.4, 0.5) is 13.6 Å². The highest BCUT2D eigenvalue weighted by molar-refractivity contribution is 5.92. The van der Waals surface area contributed by atoms with E-state index in [0.717, 1.165) is 19.0 Å². The number of aromatic amines is 1. The Balaban J connectivity index is 1.45. The lowest BCUT2D eigenvalue weighted by Crippen LogP contribution is -2.43. The largest absolute Gasteiger partial charge is 0.345 e. The highest BCUT2D eigenvalue weighted by Gasteiger charge is 2.24. The van der Waals surface area contributed by atoms with Gasteiger partial charge >= 0.3 is 6.03 Å². The number of hydrogen-bond donors (Lipinski definition) is 2. The van der Waals surface area contributed by atoms with Crippen molar-refractivity contribution in [1.82, 2.24) is 34.7 Å². The highest BCUT2D eigenvalue weighted by Crippen LogP contribution is 2.29. The van der Waals surface area contributed by atoms with Gasteiger partial charge in [-0.25, -0.2) is 28.5 Å². The van der Waals surface area contributed by atoms with Gasteiger partial charge in [-0.3, -0.25) is 0 Å². The molecule has 0 saturated carbocycles. The van der Waals surface area contributed by atoms with Gasteiger partial charge in [0, 0.05) is 56.2 Å². The van der Waals surface area contributed by atoms with Crippen LogP contribution in [0.1, 0.15) is 12.8 Å². The maximum Gasteiger partial charge on any atom is 0.317 e. The third kappa shape index (κ3) is 3.47. The average molecular weight is 425 g/mol. The fourth-order valence-corrected chi connectivity index (χ4v) is 4.21. The Kier molecular flexibility index (Phi) is 4.76. The molecule has 1 aliphatic rings. The number of nitrogens with zero attached hydrogens (tertiary/aromatic N) is 5. The van der Waals surface area contributed by atoms with Crippen molar-refractivity contribution in [1.29, 1.82) is 0 Å². The number of rotatable bonds is 3. The second-order valence-corrected chi connectivity index (χ2v) is 7.80. The van der Waals surface area contributed by atoms with E-state index in [9.17, 15) is 13.6 Å². The van der Waals surface area contributed by atoms with Crippen LogP contribution in [-0.4, -0.2) is 55.6 Å². The molecule has 160 valence electrons. The molecule has 1 saturated heterocycles. The van der Waals surface area contributed by atoms with Crippen LogP contribution >= 0.6 is 0 Å². The molecule has 0 aromatic carbocycles. The molecule has 0 radical (unpaired) electrons. The molecule has 0 spiro atoms. The molecule has 5 heterocycles. The normalized spacial score (nSPS) is 15.1. The Bertz CT molecular complexity index is 1270. The van der Waals surface area contributed by atoms with Crippen LogP contribution in [-0.2, 0) is 6.54 Å². The number of pyridine rings is 1. The van der Waals surface area contributed by atoms with Gasteiger partial charge in [0.25, 0.3) is 0 Å². The standard InChI is InChI=1S/C21H21F2N7O/c1-24-21(31)29-4-2-12(3-5-29)10-30-11-17(23)16-9-27-19(28-20(16)30)15-8-26-18-14(15)6-13(22)7-25-18/h6-9,11-12H,2-5,10H2,1H3,(H,24,31)(H,25,26). The Labute approximate surface area is 176 Å². The van der Waals surface area contributed by atoms with Crippen molar-refractivity contribution in [3.05, 3.63) is 42.5 Å². The molecule has 0 bridgehead atoms. The smallest absolute Gasteiger partial charge is 0.317 e. The lowest BCUT2D eigenvalue weighted by molar-refractivity contribution is 0.167. The molecular weight excluding hydrogens is 404 g/mol. The minimum Gasteiger partial charge on any atom is -0.345 e. The molecule has 2 N–H and O–H groups in total. The van der Waals surface area contributed by atoms with E-state index in [2.05, 4.69) is 25.3 Å². The summed E-state index contributed by atoms with van der Waals surface area (Å²) in [6.07, 6.45) is 7.40. The third-order valence-corrected chi connectivity index (χ3v) is 5.88. The number of aromatic nitrogens is 5. The monoisotopic (exact) mass is 425 g/mol. The lowest BCUT2D eigenvalue weighted by atomic mass is 9.97. The number of fused-ring (bicyclic) bond motifs is 2. The first kappa shape index (κ1) is 19.4. The van der Waals surface area contributed by atoms with Gasteiger partial charge in [-0.05, 0) is 24.8 Å². The summed E-state index contributed by atoms with van der Waals surface area (Å²) >= 11 is 0. The Morgan fingerprint density at radius 1 is 1.23 bits per heavy atom. The number of carbonyl (C=O) groups excluding carboxylic acids is 1. The highest BCUT2D eigenvalue weighted by atomic mass is 19.1. The maximum absolute atomic E-state index is 14.5. The fourth-order valence-electron chi connectivity index (χ4n) is 4.21. The number of hydrogen-bond acceptors (Lipinski definition) is 4. The summed E-state index contributed by atoms with van der Waals surface area (Å²) in [5.74, 6) is -0.149. The minimum atomic E-state index is -0.452. The Morgan fingerprint density at radius 3 is 2.81 bits per heavy atom. The van der Waals surface area contributed by atoms with Gasteiger partial charge in [0.1, 0.15) is 17.1 Å². The molecule has 0 aliphatic carbocycles. The number of H-pyrrole nitrogens is 1. The number of urea groups is 1. The number of likely N-dealkylation sites (tertiary alicyclic amines) is 1. The second kappa shape index (κ2) is 7.60. The van der Waals surface area contributed by atoms with Crippen LogP contribution in [0.3, 0.4) is 0 Å². The van der Waals surface area contributed by atoms with Crippen molar-refractivity contribution >= 4 is 28.1 Å². The van der Waals surface area contributed by atoms with E-state index in [1.165, 1.54) is 18.5 Å². The van der Waals surface area contributed by atoms with Crippen molar-refractivity contribution in [3.63, 3.8) is 0 Å². The van der Waals surface area contributed by atoms with E-state index in [1.54, 1.807) is 18.1 Å². The molecule has 1 aliphatic heterocycles. The topological polar surface area (TPSA) is 91.7 Å². The molecule has 5 rings (SSSR count). The summed E-state index contributed by atoms with van der Waals surface area (Å²) in [6, 6.07) is 1.31. The first-order chi connectivity index (χ1) is 15.0.